The highest BCUT2D eigenvalue weighted by molar-refractivity contribution is 5.27. The van der Waals surface area contributed by atoms with Crippen LogP contribution in [0.15, 0.2) is 18.2 Å². The van der Waals surface area contributed by atoms with E-state index in [-0.39, 0.29) is 5.82 Å². The Balaban J connectivity index is 2.20. The zero-order valence-corrected chi connectivity index (χ0v) is 8.39. The molecular weight excluding hydrogens is 179 g/mol. The van der Waals surface area contributed by atoms with Crippen molar-refractivity contribution >= 4 is 0 Å². The SMILES string of the molecule is CCc1cc(F)cc(CC2(O)CC2)c1. The summed E-state index contributed by atoms with van der Waals surface area (Å²) in [5, 5.41) is 9.71. The van der Waals surface area contributed by atoms with Crippen molar-refractivity contribution in [3.63, 3.8) is 0 Å². The minimum atomic E-state index is -0.529. The molecule has 0 atom stereocenters. The van der Waals surface area contributed by atoms with Crippen molar-refractivity contribution in [2.45, 2.75) is 38.2 Å². The fraction of sp³-hybridized carbons (Fsp3) is 0.500. The molecule has 0 aromatic heterocycles. The number of aryl methyl sites for hydroxylation is 1. The molecule has 14 heavy (non-hydrogen) atoms. The molecule has 0 spiro atoms. The number of hydrogen-bond acceptors (Lipinski definition) is 1. The average molecular weight is 194 g/mol. The molecule has 0 heterocycles. The lowest BCUT2D eigenvalue weighted by Gasteiger charge is -2.08. The van der Waals surface area contributed by atoms with E-state index in [0.29, 0.717) is 6.42 Å². The molecule has 2 rings (SSSR count). The summed E-state index contributed by atoms with van der Waals surface area (Å²) in [7, 11) is 0. The molecule has 0 aliphatic heterocycles. The lowest BCUT2D eigenvalue weighted by atomic mass is 10.0. The summed E-state index contributed by atoms with van der Waals surface area (Å²) in [6, 6.07) is 5.06. The number of aliphatic hydroxyl groups is 1. The van der Waals surface area contributed by atoms with Gasteiger partial charge in [-0.3, -0.25) is 0 Å². The molecule has 1 aromatic rings. The van der Waals surface area contributed by atoms with Crippen LogP contribution in [0.25, 0.3) is 0 Å². The van der Waals surface area contributed by atoms with Gasteiger partial charge >= 0.3 is 0 Å². The summed E-state index contributed by atoms with van der Waals surface area (Å²) >= 11 is 0. The predicted molar refractivity (Wildman–Crippen MR) is 53.7 cm³/mol. The number of rotatable bonds is 3. The van der Waals surface area contributed by atoms with Gasteiger partial charge in [-0.05, 0) is 42.5 Å². The molecule has 0 bridgehead atoms. The van der Waals surface area contributed by atoms with Crippen LogP contribution in [0.3, 0.4) is 0 Å². The number of benzene rings is 1. The summed E-state index contributed by atoms with van der Waals surface area (Å²) in [4.78, 5) is 0. The van der Waals surface area contributed by atoms with Gasteiger partial charge in [-0.25, -0.2) is 4.39 Å². The van der Waals surface area contributed by atoms with Gasteiger partial charge in [0.15, 0.2) is 0 Å². The van der Waals surface area contributed by atoms with Gasteiger partial charge in [0.1, 0.15) is 5.82 Å². The molecule has 2 heteroatoms. The molecule has 1 fully saturated rings. The third kappa shape index (κ3) is 2.13. The Labute approximate surface area is 83.6 Å². The fourth-order valence-corrected chi connectivity index (χ4v) is 1.72. The maximum atomic E-state index is 13.1. The van der Waals surface area contributed by atoms with E-state index in [1.165, 1.54) is 6.07 Å². The lowest BCUT2D eigenvalue weighted by molar-refractivity contribution is 0.151. The van der Waals surface area contributed by atoms with Crippen molar-refractivity contribution in [2.75, 3.05) is 0 Å². The van der Waals surface area contributed by atoms with Gasteiger partial charge in [0.25, 0.3) is 0 Å². The second-order valence-electron chi connectivity index (χ2n) is 4.22. The van der Waals surface area contributed by atoms with Gasteiger partial charge in [0.2, 0.25) is 0 Å². The van der Waals surface area contributed by atoms with Crippen LogP contribution in [0.2, 0.25) is 0 Å². The summed E-state index contributed by atoms with van der Waals surface area (Å²) in [5.74, 6) is -0.191. The van der Waals surface area contributed by atoms with Crippen molar-refractivity contribution in [3.05, 3.63) is 35.1 Å². The zero-order chi connectivity index (χ0) is 10.2. The van der Waals surface area contributed by atoms with Crippen LogP contribution in [0.4, 0.5) is 4.39 Å². The van der Waals surface area contributed by atoms with E-state index < -0.39 is 5.60 Å². The van der Waals surface area contributed by atoms with E-state index in [1.807, 2.05) is 13.0 Å². The van der Waals surface area contributed by atoms with Crippen molar-refractivity contribution < 1.29 is 9.50 Å². The topological polar surface area (TPSA) is 20.2 Å². The van der Waals surface area contributed by atoms with E-state index in [9.17, 15) is 9.50 Å². The standard InChI is InChI=1S/C12H15FO/c1-2-9-5-10(7-11(13)6-9)8-12(14)3-4-12/h5-7,14H,2-4,8H2,1H3. The van der Waals surface area contributed by atoms with Gasteiger partial charge in [-0.15, -0.1) is 0 Å². The highest BCUT2D eigenvalue weighted by Gasteiger charge is 2.40. The maximum Gasteiger partial charge on any atom is 0.123 e. The average Bonchev–Trinajstić information content (AvgIpc) is 2.82. The maximum absolute atomic E-state index is 13.1. The molecule has 1 aromatic carbocycles. The van der Waals surface area contributed by atoms with Crippen LogP contribution in [-0.2, 0) is 12.8 Å². The van der Waals surface area contributed by atoms with Gasteiger partial charge in [-0.2, -0.15) is 0 Å². The van der Waals surface area contributed by atoms with Crippen LogP contribution in [-0.4, -0.2) is 10.7 Å². The molecule has 0 saturated heterocycles. The summed E-state index contributed by atoms with van der Waals surface area (Å²) in [5.41, 5.74) is 1.39. The molecule has 1 saturated carbocycles. The Morgan fingerprint density at radius 2 is 1.93 bits per heavy atom. The van der Waals surface area contributed by atoms with E-state index in [4.69, 9.17) is 0 Å². The Kier molecular flexibility index (Phi) is 2.31. The fourth-order valence-electron chi connectivity index (χ4n) is 1.72. The molecule has 76 valence electrons. The molecule has 1 nitrogen and oxygen atoms in total. The van der Waals surface area contributed by atoms with E-state index in [0.717, 1.165) is 30.4 Å². The van der Waals surface area contributed by atoms with Gasteiger partial charge in [-0.1, -0.05) is 13.0 Å². The highest BCUT2D eigenvalue weighted by Crippen LogP contribution is 2.38. The van der Waals surface area contributed by atoms with Crippen LogP contribution in [0, 0.1) is 5.82 Å². The number of hydrogen-bond donors (Lipinski definition) is 1. The van der Waals surface area contributed by atoms with Crippen molar-refractivity contribution in [2.24, 2.45) is 0 Å². The van der Waals surface area contributed by atoms with Crippen LogP contribution >= 0.6 is 0 Å². The summed E-state index contributed by atoms with van der Waals surface area (Å²) < 4.78 is 13.1. The van der Waals surface area contributed by atoms with E-state index in [2.05, 4.69) is 0 Å². The Morgan fingerprint density at radius 1 is 1.29 bits per heavy atom. The predicted octanol–water partition coefficient (Wildman–Crippen LogP) is 2.46. The van der Waals surface area contributed by atoms with Crippen LogP contribution in [0.5, 0.6) is 0 Å². The van der Waals surface area contributed by atoms with Crippen molar-refractivity contribution in [1.82, 2.24) is 0 Å². The quantitative estimate of drug-likeness (QED) is 0.783. The van der Waals surface area contributed by atoms with E-state index >= 15 is 0 Å². The summed E-state index contributed by atoms with van der Waals surface area (Å²) in [6.07, 6.45) is 3.14. The first kappa shape index (κ1) is 9.66. The molecule has 1 N–H and O–H groups in total. The second-order valence-corrected chi connectivity index (χ2v) is 4.22. The van der Waals surface area contributed by atoms with Crippen LogP contribution in [0.1, 0.15) is 30.9 Å². The van der Waals surface area contributed by atoms with Gasteiger partial charge in [0.05, 0.1) is 5.60 Å². The Hall–Kier alpha value is -0.890. The molecule has 0 radical (unpaired) electrons. The molecule has 1 aliphatic carbocycles. The highest BCUT2D eigenvalue weighted by atomic mass is 19.1. The first-order chi connectivity index (χ1) is 6.61. The molecule has 1 aliphatic rings. The first-order valence-corrected chi connectivity index (χ1v) is 5.12. The molecular formula is C12H15FO. The van der Waals surface area contributed by atoms with Gasteiger partial charge in [0, 0.05) is 6.42 Å². The third-order valence-corrected chi connectivity index (χ3v) is 2.79. The minimum Gasteiger partial charge on any atom is -0.390 e. The molecule has 0 amide bonds. The second kappa shape index (κ2) is 3.35. The Bertz CT molecular complexity index is 342. The smallest absolute Gasteiger partial charge is 0.123 e. The van der Waals surface area contributed by atoms with Gasteiger partial charge < -0.3 is 5.11 Å². The normalized spacial score (nSPS) is 18.2. The van der Waals surface area contributed by atoms with Crippen LogP contribution < -0.4 is 0 Å². The lowest BCUT2D eigenvalue weighted by Crippen LogP contribution is -2.11. The Morgan fingerprint density at radius 3 is 2.50 bits per heavy atom. The minimum absolute atomic E-state index is 0.191. The van der Waals surface area contributed by atoms with Crippen molar-refractivity contribution in [3.8, 4) is 0 Å². The zero-order valence-electron chi connectivity index (χ0n) is 8.39. The first-order valence-electron chi connectivity index (χ1n) is 5.12. The van der Waals surface area contributed by atoms with E-state index in [1.54, 1.807) is 6.07 Å². The monoisotopic (exact) mass is 194 g/mol. The molecule has 0 unspecified atom stereocenters. The van der Waals surface area contributed by atoms with Crippen molar-refractivity contribution in [1.29, 1.82) is 0 Å². The third-order valence-electron chi connectivity index (χ3n) is 2.79. The summed E-state index contributed by atoms with van der Waals surface area (Å²) in [6.45, 7) is 2.00. The number of halogens is 1. The largest absolute Gasteiger partial charge is 0.390 e.